The van der Waals surface area contributed by atoms with Crippen LogP contribution in [-0.2, 0) is 15.3 Å². The fourth-order valence-corrected chi connectivity index (χ4v) is 4.05. The van der Waals surface area contributed by atoms with Crippen molar-refractivity contribution in [3.63, 3.8) is 0 Å². The highest BCUT2D eigenvalue weighted by atomic mass is 32.2. The van der Waals surface area contributed by atoms with Crippen LogP contribution in [0.15, 0.2) is 57.9 Å². The highest BCUT2D eigenvalue weighted by molar-refractivity contribution is 7.98. The largest absolute Gasteiger partial charge is 0.449 e. The molecule has 3 rings (SSSR count). The number of thioether (sulfide) groups is 1. The first-order valence-corrected chi connectivity index (χ1v) is 10.8. The lowest BCUT2D eigenvalue weighted by Gasteiger charge is -2.15. The number of nitrogens with zero attached hydrogens (tertiary/aromatic N) is 1. The Bertz CT molecular complexity index is 1120. The lowest BCUT2D eigenvalue weighted by molar-refractivity contribution is -0.123. The average molecular weight is 454 g/mol. The van der Waals surface area contributed by atoms with Gasteiger partial charge in [0.15, 0.2) is 6.10 Å². The van der Waals surface area contributed by atoms with Gasteiger partial charge in [0, 0.05) is 27.5 Å². The number of primary amides is 1. The van der Waals surface area contributed by atoms with E-state index in [1.807, 2.05) is 26.0 Å². The Morgan fingerprint density at radius 3 is 2.44 bits per heavy atom. The maximum Gasteiger partial charge on any atom is 0.340 e. The average Bonchev–Trinajstić information content (AvgIpc) is 3.09. The number of hydrogen-bond acceptors (Lipinski definition) is 7. The number of rotatable bonds is 8. The van der Waals surface area contributed by atoms with Crippen LogP contribution in [-0.4, -0.2) is 29.0 Å². The highest BCUT2D eigenvalue weighted by Gasteiger charge is 2.21. The van der Waals surface area contributed by atoms with E-state index in [1.165, 1.54) is 30.8 Å². The fourth-order valence-electron chi connectivity index (χ4n) is 2.86. The van der Waals surface area contributed by atoms with Crippen molar-refractivity contribution in [1.82, 2.24) is 5.16 Å². The Morgan fingerprint density at radius 1 is 1.12 bits per heavy atom. The standard InChI is InChI=1S/C23H23N3O5S/c1-13-19(14(2)31-26-13)12-32-20-7-5-4-6-18(20)23(29)30-15(3)22(28)25-17-10-8-16(9-11-17)21(24)27/h4-11,15H,12H2,1-3H3,(H2,24,27)(H,25,28). The third-order valence-corrected chi connectivity index (χ3v) is 5.85. The summed E-state index contributed by atoms with van der Waals surface area (Å²) in [5.74, 6) is -0.326. The van der Waals surface area contributed by atoms with Gasteiger partial charge in [0.05, 0.1) is 11.3 Å². The Balaban J connectivity index is 1.63. The maximum atomic E-state index is 12.7. The number of anilines is 1. The van der Waals surface area contributed by atoms with Crippen molar-refractivity contribution < 1.29 is 23.6 Å². The number of nitrogens with two attached hydrogens (primary N) is 1. The zero-order chi connectivity index (χ0) is 23.3. The summed E-state index contributed by atoms with van der Waals surface area (Å²) in [5.41, 5.74) is 8.15. The quantitative estimate of drug-likeness (QED) is 0.392. The molecule has 0 spiro atoms. The first-order chi connectivity index (χ1) is 15.3. The van der Waals surface area contributed by atoms with Gasteiger partial charge in [-0.15, -0.1) is 11.8 Å². The van der Waals surface area contributed by atoms with Crippen molar-refractivity contribution in [3.05, 3.63) is 76.7 Å². The van der Waals surface area contributed by atoms with E-state index in [0.29, 0.717) is 22.6 Å². The summed E-state index contributed by atoms with van der Waals surface area (Å²) in [6.07, 6.45) is -1.03. The summed E-state index contributed by atoms with van der Waals surface area (Å²) in [4.78, 5) is 37.1. The predicted molar refractivity (Wildman–Crippen MR) is 120 cm³/mol. The van der Waals surface area contributed by atoms with Crippen LogP contribution in [0.3, 0.4) is 0 Å². The van der Waals surface area contributed by atoms with Crippen LogP contribution >= 0.6 is 11.8 Å². The van der Waals surface area contributed by atoms with E-state index in [-0.39, 0.29) is 0 Å². The molecular formula is C23H23N3O5S. The molecule has 32 heavy (non-hydrogen) atoms. The molecule has 0 aliphatic rings. The van der Waals surface area contributed by atoms with E-state index in [9.17, 15) is 14.4 Å². The topological polar surface area (TPSA) is 125 Å². The third-order valence-electron chi connectivity index (χ3n) is 4.75. The summed E-state index contributed by atoms with van der Waals surface area (Å²) in [7, 11) is 0. The van der Waals surface area contributed by atoms with Crippen LogP contribution in [0.2, 0.25) is 0 Å². The minimum atomic E-state index is -1.03. The first-order valence-electron chi connectivity index (χ1n) is 9.81. The van der Waals surface area contributed by atoms with E-state index in [4.69, 9.17) is 15.0 Å². The molecule has 2 aromatic carbocycles. The normalized spacial score (nSPS) is 11.6. The molecule has 1 atom stereocenters. The Kier molecular flexibility index (Phi) is 7.32. The molecule has 3 aromatic rings. The maximum absolute atomic E-state index is 12.7. The summed E-state index contributed by atoms with van der Waals surface area (Å²) in [6, 6.07) is 13.2. The van der Waals surface area contributed by atoms with Crippen LogP contribution in [0.5, 0.6) is 0 Å². The number of benzene rings is 2. The summed E-state index contributed by atoms with van der Waals surface area (Å²) in [6.45, 7) is 5.21. The Hall–Kier alpha value is -3.59. The number of amides is 2. The molecule has 1 heterocycles. The zero-order valence-electron chi connectivity index (χ0n) is 17.9. The zero-order valence-corrected chi connectivity index (χ0v) is 18.7. The second kappa shape index (κ2) is 10.1. The number of hydrogen-bond donors (Lipinski definition) is 2. The number of ether oxygens (including phenoxy) is 1. The van der Waals surface area contributed by atoms with Crippen molar-refractivity contribution in [2.45, 2.75) is 37.5 Å². The number of carbonyl (C=O) groups excluding carboxylic acids is 3. The van der Waals surface area contributed by atoms with Gasteiger partial charge >= 0.3 is 5.97 Å². The van der Waals surface area contributed by atoms with Gasteiger partial charge in [-0.2, -0.15) is 0 Å². The van der Waals surface area contributed by atoms with Crippen LogP contribution in [0.25, 0.3) is 0 Å². The van der Waals surface area contributed by atoms with Gasteiger partial charge < -0.3 is 20.3 Å². The van der Waals surface area contributed by atoms with Crippen LogP contribution < -0.4 is 11.1 Å². The second-order valence-corrected chi connectivity index (χ2v) is 8.08. The second-order valence-electron chi connectivity index (χ2n) is 7.07. The molecule has 9 heteroatoms. The number of esters is 1. The number of nitrogens with one attached hydrogen (secondary N) is 1. The predicted octanol–water partition coefficient (Wildman–Crippen LogP) is 3.87. The number of carbonyl (C=O) groups is 3. The van der Waals surface area contributed by atoms with E-state index >= 15 is 0 Å². The summed E-state index contributed by atoms with van der Waals surface area (Å²) in [5, 5.41) is 6.59. The molecule has 8 nitrogen and oxygen atoms in total. The molecule has 1 aromatic heterocycles. The Labute approximate surface area is 189 Å². The first kappa shape index (κ1) is 23.1. The van der Waals surface area contributed by atoms with Gasteiger partial charge in [0.2, 0.25) is 5.91 Å². The fraction of sp³-hybridized carbons (Fsp3) is 0.217. The monoisotopic (exact) mass is 453 g/mol. The SMILES string of the molecule is Cc1noc(C)c1CSc1ccccc1C(=O)OC(C)C(=O)Nc1ccc(C(N)=O)cc1. The molecule has 2 amide bonds. The molecule has 0 fully saturated rings. The van der Waals surface area contributed by atoms with Crippen molar-refractivity contribution >= 4 is 35.2 Å². The minimum Gasteiger partial charge on any atom is -0.449 e. The van der Waals surface area contributed by atoms with E-state index < -0.39 is 23.9 Å². The highest BCUT2D eigenvalue weighted by Crippen LogP contribution is 2.29. The molecule has 0 bridgehead atoms. The molecule has 0 radical (unpaired) electrons. The Morgan fingerprint density at radius 2 is 1.81 bits per heavy atom. The molecule has 166 valence electrons. The smallest absolute Gasteiger partial charge is 0.340 e. The lowest BCUT2D eigenvalue weighted by atomic mass is 10.2. The molecule has 0 saturated carbocycles. The molecular weight excluding hydrogens is 430 g/mol. The lowest BCUT2D eigenvalue weighted by Crippen LogP contribution is -2.30. The van der Waals surface area contributed by atoms with Gasteiger partial charge in [0.1, 0.15) is 5.76 Å². The van der Waals surface area contributed by atoms with Crippen molar-refractivity contribution in [3.8, 4) is 0 Å². The van der Waals surface area contributed by atoms with Crippen molar-refractivity contribution in [2.75, 3.05) is 5.32 Å². The number of aromatic nitrogens is 1. The summed E-state index contributed by atoms with van der Waals surface area (Å²) < 4.78 is 10.6. The van der Waals surface area contributed by atoms with Crippen LogP contribution in [0.1, 0.15) is 44.7 Å². The van der Waals surface area contributed by atoms with E-state index in [2.05, 4.69) is 10.5 Å². The van der Waals surface area contributed by atoms with Gasteiger partial charge in [-0.3, -0.25) is 9.59 Å². The van der Waals surface area contributed by atoms with Gasteiger partial charge in [-0.1, -0.05) is 17.3 Å². The molecule has 0 aliphatic heterocycles. The van der Waals surface area contributed by atoms with E-state index in [1.54, 1.807) is 24.3 Å². The minimum absolute atomic E-state index is 0.327. The molecule has 1 unspecified atom stereocenters. The third kappa shape index (κ3) is 5.55. The molecule has 0 saturated heterocycles. The molecule has 3 N–H and O–H groups in total. The van der Waals surface area contributed by atoms with Crippen molar-refractivity contribution in [2.24, 2.45) is 5.73 Å². The van der Waals surface area contributed by atoms with Gasteiger partial charge in [-0.05, 0) is 57.2 Å². The van der Waals surface area contributed by atoms with Crippen LogP contribution in [0, 0.1) is 13.8 Å². The van der Waals surface area contributed by atoms with Gasteiger partial charge in [0.25, 0.3) is 5.91 Å². The van der Waals surface area contributed by atoms with Crippen LogP contribution in [0.4, 0.5) is 5.69 Å². The van der Waals surface area contributed by atoms with Crippen molar-refractivity contribution in [1.29, 1.82) is 0 Å². The molecule has 0 aliphatic carbocycles. The summed E-state index contributed by atoms with van der Waals surface area (Å²) >= 11 is 1.46. The van der Waals surface area contributed by atoms with E-state index in [0.717, 1.165) is 21.9 Å². The number of aryl methyl sites for hydroxylation is 2. The van der Waals surface area contributed by atoms with Gasteiger partial charge in [-0.25, -0.2) is 4.79 Å².